The summed E-state index contributed by atoms with van der Waals surface area (Å²) in [5.41, 5.74) is -0.507. The Balaban J connectivity index is 2.41. The van der Waals surface area contributed by atoms with Crippen molar-refractivity contribution < 1.29 is 14.3 Å². The zero-order valence-electron chi connectivity index (χ0n) is 13.9. The molecule has 1 unspecified atom stereocenters. The second-order valence-corrected chi connectivity index (χ2v) is 6.66. The monoisotopic (exact) mass is 298 g/mol. The molecule has 0 radical (unpaired) electrons. The molecule has 0 aromatic carbocycles. The average molecular weight is 298 g/mol. The largest absolute Gasteiger partial charge is 0.458 e. The van der Waals surface area contributed by atoms with E-state index in [0.29, 0.717) is 19.5 Å². The second-order valence-electron chi connectivity index (χ2n) is 6.66. The Kier molecular flexibility index (Phi) is 7.15. The highest BCUT2D eigenvalue weighted by molar-refractivity contribution is 5.86. The van der Waals surface area contributed by atoms with Gasteiger partial charge < -0.3 is 15.0 Å². The number of esters is 1. The van der Waals surface area contributed by atoms with Gasteiger partial charge in [-0.1, -0.05) is 19.8 Å². The van der Waals surface area contributed by atoms with Crippen LogP contribution in [-0.4, -0.2) is 48.1 Å². The average Bonchev–Trinajstić information content (AvgIpc) is 2.85. The summed E-state index contributed by atoms with van der Waals surface area (Å²) in [7, 11) is 0. The van der Waals surface area contributed by atoms with Gasteiger partial charge in [-0.25, -0.2) is 4.79 Å². The van der Waals surface area contributed by atoms with Crippen molar-refractivity contribution in [2.24, 2.45) is 0 Å². The summed E-state index contributed by atoms with van der Waals surface area (Å²) in [6.45, 7) is 9.51. The number of carbonyl (C=O) groups excluding carboxylic acids is 2. The highest BCUT2D eigenvalue weighted by Crippen LogP contribution is 2.21. The predicted octanol–water partition coefficient (Wildman–Crippen LogP) is 2.10. The Hall–Kier alpha value is -1.10. The van der Waals surface area contributed by atoms with E-state index in [4.69, 9.17) is 4.74 Å². The van der Waals surface area contributed by atoms with Gasteiger partial charge in [0.1, 0.15) is 11.6 Å². The van der Waals surface area contributed by atoms with E-state index in [-0.39, 0.29) is 11.9 Å². The molecule has 1 amide bonds. The van der Waals surface area contributed by atoms with Gasteiger partial charge in [-0.3, -0.25) is 4.79 Å². The standard InChI is InChI=1S/C16H30N2O3/c1-5-6-7-10-17-12-14(19)18-11-8-9-13(18)15(20)21-16(2,3)4/h13,17H,5-12H2,1-4H3. The van der Waals surface area contributed by atoms with Crippen LogP contribution in [0.1, 0.15) is 59.8 Å². The number of ether oxygens (including phenoxy) is 1. The van der Waals surface area contributed by atoms with Crippen LogP contribution in [0.25, 0.3) is 0 Å². The quantitative estimate of drug-likeness (QED) is 0.577. The Morgan fingerprint density at radius 3 is 2.62 bits per heavy atom. The third-order valence-electron chi connectivity index (χ3n) is 3.49. The molecule has 0 aromatic heterocycles. The van der Waals surface area contributed by atoms with Gasteiger partial charge in [0.25, 0.3) is 0 Å². The second kappa shape index (κ2) is 8.37. The van der Waals surface area contributed by atoms with Gasteiger partial charge in [0.05, 0.1) is 6.54 Å². The minimum Gasteiger partial charge on any atom is -0.458 e. The SMILES string of the molecule is CCCCCNCC(=O)N1CCCC1C(=O)OC(C)(C)C. The van der Waals surface area contributed by atoms with Gasteiger partial charge in [0, 0.05) is 6.54 Å². The summed E-state index contributed by atoms with van der Waals surface area (Å²) in [6.07, 6.45) is 5.00. The molecule has 1 aliphatic heterocycles. The van der Waals surface area contributed by atoms with Crippen molar-refractivity contribution in [3.05, 3.63) is 0 Å². The summed E-state index contributed by atoms with van der Waals surface area (Å²) < 4.78 is 5.41. The molecule has 21 heavy (non-hydrogen) atoms. The van der Waals surface area contributed by atoms with Crippen LogP contribution >= 0.6 is 0 Å². The van der Waals surface area contributed by atoms with Crippen LogP contribution in [-0.2, 0) is 14.3 Å². The first kappa shape index (κ1) is 18.0. The topological polar surface area (TPSA) is 58.6 Å². The lowest BCUT2D eigenvalue weighted by Crippen LogP contribution is -2.46. The number of unbranched alkanes of at least 4 members (excludes halogenated alkanes) is 2. The first-order valence-corrected chi connectivity index (χ1v) is 8.08. The lowest BCUT2D eigenvalue weighted by atomic mass is 10.1. The van der Waals surface area contributed by atoms with E-state index in [1.165, 1.54) is 12.8 Å². The molecular formula is C16H30N2O3. The third kappa shape index (κ3) is 6.46. The van der Waals surface area contributed by atoms with Crippen LogP contribution < -0.4 is 5.32 Å². The molecule has 1 rings (SSSR count). The lowest BCUT2D eigenvalue weighted by Gasteiger charge is -2.27. The zero-order chi connectivity index (χ0) is 15.9. The summed E-state index contributed by atoms with van der Waals surface area (Å²) in [4.78, 5) is 26.0. The van der Waals surface area contributed by atoms with Crippen molar-refractivity contribution in [2.75, 3.05) is 19.6 Å². The molecule has 5 nitrogen and oxygen atoms in total. The van der Waals surface area contributed by atoms with E-state index in [1.807, 2.05) is 20.8 Å². The van der Waals surface area contributed by atoms with Gasteiger partial charge in [-0.05, 0) is 46.6 Å². The zero-order valence-corrected chi connectivity index (χ0v) is 13.9. The van der Waals surface area contributed by atoms with Gasteiger partial charge in [0.2, 0.25) is 5.91 Å². The fraction of sp³-hybridized carbons (Fsp3) is 0.875. The van der Waals surface area contributed by atoms with E-state index < -0.39 is 11.6 Å². The molecule has 1 saturated heterocycles. The fourth-order valence-corrected chi connectivity index (χ4v) is 2.48. The fourth-order valence-electron chi connectivity index (χ4n) is 2.48. The van der Waals surface area contributed by atoms with Gasteiger partial charge in [-0.15, -0.1) is 0 Å². The molecule has 1 atom stereocenters. The molecule has 1 aliphatic rings. The van der Waals surface area contributed by atoms with E-state index in [2.05, 4.69) is 12.2 Å². The summed E-state index contributed by atoms with van der Waals surface area (Å²) in [5, 5.41) is 3.16. The van der Waals surface area contributed by atoms with Gasteiger partial charge in [0.15, 0.2) is 0 Å². The summed E-state index contributed by atoms with van der Waals surface area (Å²) in [5.74, 6) is -0.279. The maximum Gasteiger partial charge on any atom is 0.329 e. The Morgan fingerprint density at radius 1 is 1.29 bits per heavy atom. The first-order valence-electron chi connectivity index (χ1n) is 8.08. The number of nitrogens with one attached hydrogen (secondary N) is 1. The number of hydrogen-bond donors (Lipinski definition) is 1. The predicted molar refractivity (Wildman–Crippen MR) is 83.0 cm³/mol. The van der Waals surface area contributed by atoms with Crippen molar-refractivity contribution >= 4 is 11.9 Å². The van der Waals surface area contributed by atoms with E-state index >= 15 is 0 Å². The Labute approximate surface area is 128 Å². The van der Waals surface area contributed by atoms with Crippen LogP contribution in [0.5, 0.6) is 0 Å². The number of amides is 1. The van der Waals surface area contributed by atoms with Crippen LogP contribution in [0.15, 0.2) is 0 Å². The molecule has 1 fully saturated rings. The molecule has 0 aromatic rings. The summed E-state index contributed by atoms with van der Waals surface area (Å²) in [6, 6.07) is -0.408. The minimum atomic E-state index is -0.507. The Bertz CT molecular complexity index is 350. The van der Waals surface area contributed by atoms with E-state index in [9.17, 15) is 9.59 Å². The van der Waals surface area contributed by atoms with Gasteiger partial charge >= 0.3 is 5.97 Å². The number of nitrogens with zero attached hydrogens (tertiary/aromatic N) is 1. The van der Waals surface area contributed by atoms with Crippen LogP contribution in [0.4, 0.5) is 0 Å². The van der Waals surface area contributed by atoms with E-state index in [1.54, 1.807) is 4.90 Å². The number of rotatable bonds is 7. The van der Waals surface area contributed by atoms with Crippen molar-refractivity contribution in [2.45, 2.75) is 71.4 Å². The lowest BCUT2D eigenvalue weighted by molar-refractivity contribution is -0.163. The maximum absolute atomic E-state index is 12.2. The van der Waals surface area contributed by atoms with Crippen molar-refractivity contribution in [1.29, 1.82) is 0 Å². The molecule has 5 heteroatoms. The van der Waals surface area contributed by atoms with Crippen molar-refractivity contribution in [3.8, 4) is 0 Å². The summed E-state index contributed by atoms with van der Waals surface area (Å²) >= 11 is 0. The number of likely N-dealkylation sites (tertiary alicyclic amines) is 1. The molecule has 1 N–H and O–H groups in total. The number of hydrogen-bond acceptors (Lipinski definition) is 4. The molecule has 0 spiro atoms. The first-order chi connectivity index (χ1) is 9.85. The molecular weight excluding hydrogens is 268 g/mol. The van der Waals surface area contributed by atoms with Gasteiger partial charge in [-0.2, -0.15) is 0 Å². The van der Waals surface area contributed by atoms with Crippen LogP contribution in [0, 0.1) is 0 Å². The molecule has 0 saturated carbocycles. The van der Waals surface area contributed by atoms with Crippen LogP contribution in [0.3, 0.4) is 0 Å². The molecule has 0 bridgehead atoms. The molecule has 122 valence electrons. The molecule has 0 aliphatic carbocycles. The molecule has 1 heterocycles. The Morgan fingerprint density at radius 2 is 2.00 bits per heavy atom. The van der Waals surface area contributed by atoms with Crippen LogP contribution in [0.2, 0.25) is 0 Å². The van der Waals surface area contributed by atoms with E-state index in [0.717, 1.165) is 19.4 Å². The third-order valence-corrected chi connectivity index (χ3v) is 3.49. The van der Waals surface area contributed by atoms with Crippen molar-refractivity contribution in [1.82, 2.24) is 10.2 Å². The highest BCUT2D eigenvalue weighted by atomic mass is 16.6. The smallest absolute Gasteiger partial charge is 0.329 e. The highest BCUT2D eigenvalue weighted by Gasteiger charge is 2.36. The maximum atomic E-state index is 12.2. The van der Waals surface area contributed by atoms with Crippen molar-refractivity contribution in [3.63, 3.8) is 0 Å². The normalized spacial score (nSPS) is 18.9. The minimum absolute atomic E-state index is 0.000132. The number of carbonyl (C=O) groups is 2.